The molecule has 456 valence electrons. The molecule has 21 nitrogen and oxygen atoms in total. The van der Waals surface area contributed by atoms with Gasteiger partial charge in [-0.05, 0) is 147 Å². The summed E-state index contributed by atoms with van der Waals surface area (Å²) in [6.07, 6.45) is 4.21. The first-order valence-corrected chi connectivity index (χ1v) is 29.8. The summed E-state index contributed by atoms with van der Waals surface area (Å²) in [6, 6.07) is 35.2. The van der Waals surface area contributed by atoms with E-state index in [9.17, 15) is 32.3 Å². The Morgan fingerprint density at radius 2 is 0.816 bits per heavy atom. The highest BCUT2D eigenvalue weighted by Gasteiger charge is 2.30. The molecule has 0 aliphatic carbocycles. The second kappa shape index (κ2) is 33.9. The third-order valence-corrected chi connectivity index (χ3v) is 15.3. The van der Waals surface area contributed by atoms with E-state index < -0.39 is 51.5 Å². The number of benzene rings is 3. The fourth-order valence-electron chi connectivity index (χ4n) is 7.12. The highest BCUT2D eigenvalue weighted by molar-refractivity contribution is 7.83. The van der Waals surface area contributed by atoms with Crippen molar-refractivity contribution < 1.29 is 39.6 Å². The van der Waals surface area contributed by atoms with Crippen LogP contribution in [0.15, 0.2) is 134 Å². The highest BCUT2D eigenvalue weighted by atomic mass is 35.5. The molecule has 0 radical (unpaired) electrons. The van der Waals surface area contributed by atoms with Gasteiger partial charge in [-0.25, -0.2) is 26.9 Å². The van der Waals surface area contributed by atoms with Crippen molar-refractivity contribution in [2.75, 3.05) is 45.7 Å². The van der Waals surface area contributed by atoms with Crippen molar-refractivity contribution in [3.63, 3.8) is 0 Å². The number of nitrogen functional groups attached to an aromatic ring is 2. The normalized spacial score (nSPS) is 11.3. The molecule has 8 rings (SSSR count). The highest BCUT2D eigenvalue weighted by Crippen LogP contribution is 2.30. The lowest BCUT2D eigenvalue weighted by atomic mass is 10.1. The number of nitrogens with two attached hydrogens (primary N) is 3. The van der Waals surface area contributed by atoms with Gasteiger partial charge in [-0.1, -0.05) is 89.0 Å². The average Bonchev–Trinajstić information content (AvgIpc) is 2.62. The Morgan fingerprint density at radius 1 is 0.494 bits per heavy atom. The van der Waals surface area contributed by atoms with Gasteiger partial charge in [0.05, 0.1) is 54.5 Å². The Balaban J connectivity index is 0.000000244. The van der Waals surface area contributed by atoms with Crippen LogP contribution in [0.1, 0.15) is 98.5 Å². The van der Waals surface area contributed by atoms with Crippen LogP contribution in [0.4, 0.5) is 28.7 Å². The van der Waals surface area contributed by atoms with Crippen LogP contribution in [0.3, 0.4) is 0 Å². The number of hydrogen-bond donors (Lipinski definition) is 3. The van der Waals surface area contributed by atoms with Crippen LogP contribution >= 0.6 is 23.8 Å². The predicted molar refractivity (Wildman–Crippen MR) is 348 cm³/mol. The summed E-state index contributed by atoms with van der Waals surface area (Å²) in [6.45, 7) is 18.7. The number of pyridine rings is 5. The maximum atomic E-state index is 12.9. The van der Waals surface area contributed by atoms with Crippen molar-refractivity contribution in [1.29, 1.82) is 5.26 Å². The van der Waals surface area contributed by atoms with E-state index in [2.05, 4.69) is 24.9 Å². The summed E-state index contributed by atoms with van der Waals surface area (Å²) >= 11 is 5.01. The lowest BCUT2D eigenvalue weighted by molar-refractivity contribution is 0.0996. The number of aromatic nitrogens is 5. The van der Waals surface area contributed by atoms with Gasteiger partial charge in [-0.15, -0.1) is 0 Å². The van der Waals surface area contributed by atoms with Crippen molar-refractivity contribution >= 4 is 109 Å². The van der Waals surface area contributed by atoms with Gasteiger partial charge in [-0.2, -0.15) is 13.9 Å². The summed E-state index contributed by atoms with van der Waals surface area (Å²) in [7, 11) is 3.74. The molecule has 3 unspecified atom stereocenters. The van der Waals surface area contributed by atoms with Crippen LogP contribution in [0.5, 0.6) is 0 Å². The topological polar surface area (TPSA) is 306 Å². The molecule has 5 heterocycles. The number of thiocarbonyl (C=S) groups is 1. The van der Waals surface area contributed by atoms with Crippen molar-refractivity contribution in [3.8, 4) is 6.07 Å². The molecule has 0 saturated carbocycles. The molecular weight excluding hydrogens is 1210 g/mol. The van der Waals surface area contributed by atoms with E-state index in [4.69, 9.17) is 53.6 Å². The molecule has 0 bridgehead atoms. The van der Waals surface area contributed by atoms with Crippen molar-refractivity contribution in [1.82, 2.24) is 24.9 Å². The van der Waals surface area contributed by atoms with Gasteiger partial charge >= 0.3 is 0 Å². The summed E-state index contributed by atoms with van der Waals surface area (Å²) < 4.78 is 54.3. The largest absolute Gasteiger partial charge is 0.389 e. The third kappa shape index (κ3) is 20.5. The third-order valence-electron chi connectivity index (χ3n) is 11.9. The van der Waals surface area contributed by atoms with Gasteiger partial charge in [0.15, 0.2) is 0 Å². The zero-order valence-electron chi connectivity index (χ0n) is 50.1. The Kier molecular flexibility index (Phi) is 27.7. The van der Waals surface area contributed by atoms with Crippen molar-refractivity contribution in [2.24, 2.45) is 5.73 Å². The van der Waals surface area contributed by atoms with Gasteiger partial charge in [0.2, 0.25) is 0 Å². The van der Waals surface area contributed by atoms with Crippen LogP contribution in [-0.4, -0.2) is 81.6 Å². The fourth-order valence-corrected chi connectivity index (χ4v) is 9.62. The van der Waals surface area contributed by atoms with Crippen LogP contribution < -0.4 is 30.1 Å². The number of aryl methyl sites for hydroxylation is 10. The van der Waals surface area contributed by atoms with Crippen LogP contribution in [-0.2, 0) is 46.3 Å². The molecule has 0 aliphatic rings. The number of nitrogens with zero attached hydrogens (tertiary/aromatic N) is 9. The number of rotatable bonds is 13. The molecule has 8 aromatic rings. The number of hydrogen-bond acceptors (Lipinski definition) is 18. The molecule has 6 N–H and O–H groups in total. The minimum absolute atomic E-state index is 0.0484. The SMILES string of the molecule is COS(=O)N(C(=O)c1ccc(C)cc1)c1cc(C)ncc1C#N.COS(=O)N(C(=O)c1ccc(C)cc1)c1cc(C)ncc1C(N)=S.COS(=O)N(C(=O)c1ccc(C)cc1)c1cc(C)ncc1Cl.Cc1ccc(C)c(N)n1.Cc1ccc(C)c(N)n1. The molecule has 3 atom stereocenters. The lowest BCUT2D eigenvalue weighted by Crippen LogP contribution is -2.35. The number of anilines is 5. The Hall–Kier alpha value is -8.58. The Morgan fingerprint density at radius 3 is 1.15 bits per heavy atom. The first-order chi connectivity index (χ1) is 41.1. The second-order valence-corrected chi connectivity index (χ2v) is 23.0. The number of nitriles is 1. The summed E-state index contributed by atoms with van der Waals surface area (Å²) in [4.78, 5) is 58.7. The van der Waals surface area contributed by atoms with Crippen molar-refractivity contribution in [2.45, 2.75) is 69.2 Å². The summed E-state index contributed by atoms with van der Waals surface area (Å²) in [5, 5.41) is 9.45. The maximum absolute atomic E-state index is 12.9. The van der Waals surface area contributed by atoms with E-state index >= 15 is 0 Å². The zero-order chi connectivity index (χ0) is 64.8. The summed E-state index contributed by atoms with van der Waals surface area (Å²) in [5.74, 6) is -0.205. The van der Waals surface area contributed by atoms with Gasteiger partial charge in [0, 0.05) is 63.8 Å². The molecule has 3 aromatic carbocycles. The number of carbonyl (C=O) groups excluding carboxylic acids is 3. The van der Waals surface area contributed by atoms with Gasteiger partial charge in [0.25, 0.3) is 51.5 Å². The van der Waals surface area contributed by atoms with Crippen LogP contribution in [0, 0.1) is 80.6 Å². The van der Waals surface area contributed by atoms with E-state index in [1.165, 1.54) is 46.0 Å². The minimum Gasteiger partial charge on any atom is -0.389 e. The predicted octanol–water partition coefficient (Wildman–Crippen LogP) is 10.4. The standard InChI is InChI=1S/C16H17N3O3S2.C16H15N3O3S.C15H15ClN2O3S.2C7H10N2/c1-10-4-6-12(7-5-10)16(20)19(24(21)22-3)14-8-11(2)18-9-13(14)15(17)23;1-11-4-6-13(7-5-11)16(20)19(23(21)22-3)15-8-12(2)18-10-14(15)9-17;1-10-4-6-12(7-5-10)15(19)18(22(20)21-3)14-8-11(2)17-9-13(14)16;2*1-5-3-4-6(2)9-7(5)8/h4-9H,1-3H3,(H2,17,23);4-8,10H,1-3H3;4-9H,1-3H3;2*3-4H,1-2H3,(H2,8,9). The molecular formula is C61H67ClN12O9S4. The number of carbonyl (C=O) groups is 3. The smallest absolute Gasteiger partial charge is 0.272 e. The number of amides is 3. The van der Waals surface area contributed by atoms with Crippen molar-refractivity contribution in [3.05, 3.63) is 223 Å². The molecule has 0 fully saturated rings. The molecule has 87 heavy (non-hydrogen) atoms. The lowest BCUT2D eigenvalue weighted by Gasteiger charge is -2.22. The fraction of sp³-hybridized carbons (Fsp3) is 0.213. The monoisotopic (exact) mass is 1270 g/mol. The van der Waals surface area contributed by atoms with E-state index in [-0.39, 0.29) is 21.3 Å². The van der Waals surface area contributed by atoms with Gasteiger partial charge in [0.1, 0.15) is 22.7 Å². The zero-order valence-corrected chi connectivity index (χ0v) is 54.2. The van der Waals surface area contributed by atoms with Gasteiger partial charge < -0.3 is 17.2 Å². The molecule has 0 saturated heterocycles. The first kappa shape index (κ1) is 70.9. The Bertz CT molecular complexity index is 3810. The van der Waals surface area contributed by atoms with E-state index in [1.807, 2.05) is 78.8 Å². The van der Waals surface area contributed by atoms with E-state index in [0.29, 0.717) is 62.3 Å². The molecule has 3 amide bonds. The van der Waals surface area contributed by atoms with E-state index in [0.717, 1.165) is 52.1 Å². The first-order valence-electron chi connectivity index (χ1n) is 25.9. The minimum atomic E-state index is -2.07. The molecule has 0 spiro atoms. The molecule has 5 aromatic heterocycles. The van der Waals surface area contributed by atoms with Crippen LogP contribution in [0.2, 0.25) is 5.02 Å². The molecule has 0 aliphatic heterocycles. The van der Waals surface area contributed by atoms with Gasteiger partial charge in [-0.3, -0.25) is 41.9 Å². The molecule has 26 heteroatoms. The average molecular weight is 1280 g/mol. The quantitative estimate of drug-likeness (QED) is 0.0904. The maximum Gasteiger partial charge on any atom is 0.272 e. The Labute approximate surface area is 525 Å². The second-order valence-electron chi connectivity index (χ2n) is 18.8. The summed E-state index contributed by atoms with van der Waals surface area (Å²) in [5.41, 5.74) is 28.0. The van der Waals surface area contributed by atoms with Crippen LogP contribution in [0.25, 0.3) is 0 Å². The van der Waals surface area contributed by atoms with E-state index in [1.54, 1.807) is 106 Å². The number of halogens is 1.